The number of amidine groups is 1. The fraction of sp³-hybridized carbons (Fsp3) is 0.208. The van der Waals surface area contributed by atoms with Crippen LogP contribution in [0.2, 0.25) is 0 Å². The van der Waals surface area contributed by atoms with Crippen molar-refractivity contribution in [2.75, 3.05) is 38.1 Å². The van der Waals surface area contributed by atoms with Gasteiger partial charge in [-0.1, -0.05) is 152 Å². The second-order valence-corrected chi connectivity index (χ2v) is 24.0. The van der Waals surface area contributed by atoms with E-state index in [2.05, 4.69) is 82.0 Å². The molecule has 2 aliphatic rings. The molecule has 2 aliphatic heterocycles. The summed E-state index contributed by atoms with van der Waals surface area (Å²) in [7, 11) is -1.08. The zero-order valence-electron chi connectivity index (χ0n) is 51.2. The number of aromatic nitrogens is 2. The van der Waals surface area contributed by atoms with Crippen LogP contribution in [0.15, 0.2) is 219 Å². The molecule has 0 bridgehead atoms. The molecule has 17 nitrogen and oxygen atoms in total. The number of aldehydes is 1. The number of nitrogens with two attached hydrogens (primary N) is 1. The molecule has 2 unspecified atom stereocenters. The summed E-state index contributed by atoms with van der Waals surface area (Å²) in [6.45, 7) is 7.21. The minimum Gasteiger partial charge on any atom is -0.493 e. The molecule has 0 aliphatic carbocycles. The molecule has 90 heavy (non-hydrogen) atoms. The van der Waals surface area contributed by atoms with Crippen LogP contribution in [0.3, 0.4) is 0 Å². The topological polar surface area (TPSA) is 244 Å². The lowest BCUT2D eigenvalue weighted by molar-refractivity contribution is 0.0162. The highest BCUT2D eigenvalue weighted by molar-refractivity contribution is 8.06. The maximum Gasteiger partial charge on any atom is 0.410 e. The Morgan fingerprint density at radius 3 is 1.64 bits per heavy atom. The van der Waals surface area contributed by atoms with Crippen molar-refractivity contribution in [2.45, 2.75) is 64.5 Å². The molecule has 0 saturated carbocycles. The number of anilines is 1. The number of hydrogen-bond donors (Lipinski definition) is 4. The van der Waals surface area contributed by atoms with Gasteiger partial charge in [0.05, 0.1) is 37.7 Å². The molecule has 2 atom stereocenters. The lowest BCUT2D eigenvalue weighted by atomic mass is 9.93. The smallest absolute Gasteiger partial charge is 0.410 e. The maximum atomic E-state index is 13.6. The van der Waals surface area contributed by atoms with Gasteiger partial charge in [0, 0.05) is 43.4 Å². The van der Waals surface area contributed by atoms with Gasteiger partial charge in [-0.2, -0.15) is 0 Å². The van der Waals surface area contributed by atoms with Crippen LogP contribution in [0.4, 0.5) is 10.5 Å². The van der Waals surface area contributed by atoms with Crippen LogP contribution in [0.1, 0.15) is 82.2 Å². The van der Waals surface area contributed by atoms with Crippen molar-refractivity contribution in [3.63, 3.8) is 0 Å². The lowest BCUT2D eigenvalue weighted by Gasteiger charge is -2.38. The average molecular weight is 1230 g/mol. The molecule has 0 spiro atoms. The van der Waals surface area contributed by atoms with Gasteiger partial charge in [-0.3, -0.25) is 30.1 Å². The Labute approximate surface area is 527 Å². The molecule has 7 aromatic carbocycles. The van der Waals surface area contributed by atoms with Crippen LogP contribution < -0.4 is 41.3 Å². The molecule has 0 fully saturated rings. The monoisotopic (exact) mass is 1230 g/mol. The predicted molar refractivity (Wildman–Crippen MR) is 355 cm³/mol. The number of methoxy groups -OCH3 is 2. The third kappa shape index (κ3) is 17.6. The number of ether oxygens (including phenoxy) is 5. The summed E-state index contributed by atoms with van der Waals surface area (Å²) in [5.41, 5.74) is 11.9. The Morgan fingerprint density at radius 1 is 0.656 bits per heavy atom. The molecule has 1 amide bonds. The Bertz CT molecular complexity index is 3940. The van der Waals surface area contributed by atoms with E-state index in [0.29, 0.717) is 47.9 Å². The molecule has 18 heteroatoms. The summed E-state index contributed by atoms with van der Waals surface area (Å²) in [6, 6.07) is 59.1. The van der Waals surface area contributed by atoms with Crippen LogP contribution in [0, 0.1) is 5.41 Å². The van der Waals surface area contributed by atoms with Gasteiger partial charge in [-0.05, 0) is 143 Å². The molecule has 11 rings (SSSR count). The number of fused-ring (bicyclic) bond motifs is 2. The maximum absolute atomic E-state index is 13.6. The molecule has 0 saturated heterocycles. The number of carbonyl (C=O) groups excluding carboxylic acids is 2. The van der Waals surface area contributed by atoms with Crippen molar-refractivity contribution in [3.8, 4) is 45.3 Å². The van der Waals surface area contributed by atoms with Crippen LogP contribution >= 0.6 is 0 Å². The Kier molecular flexibility index (Phi) is 22.9. The van der Waals surface area contributed by atoms with Gasteiger partial charge in [0.1, 0.15) is 25.1 Å². The lowest BCUT2D eigenvalue weighted by Crippen LogP contribution is -2.48. The highest BCUT2D eigenvalue weighted by Gasteiger charge is 2.39. The predicted octanol–water partition coefficient (Wildman–Crippen LogP) is 13.8. The molecule has 9 aromatic rings. The van der Waals surface area contributed by atoms with Gasteiger partial charge in [-0.15, -0.1) is 0 Å². The van der Waals surface area contributed by atoms with Gasteiger partial charge >= 0.3 is 6.09 Å². The number of hydrogen-bond acceptors (Lipinski definition) is 15. The number of carbonyl (C=O) groups is 2. The van der Waals surface area contributed by atoms with Crippen molar-refractivity contribution in [1.29, 1.82) is 5.41 Å². The zero-order valence-corrected chi connectivity index (χ0v) is 52.0. The van der Waals surface area contributed by atoms with Crippen molar-refractivity contribution in [3.05, 3.63) is 263 Å². The number of amides is 1. The third-order valence-electron chi connectivity index (χ3n) is 14.8. The van der Waals surface area contributed by atoms with Crippen LogP contribution in [-0.2, 0) is 40.6 Å². The van der Waals surface area contributed by atoms with E-state index in [4.69, 9.17) is 34.9 Å². The summed E-state index contributed by atoms with van der Waals surface area (Å²) in [5.74, 6) is 7.92. The average Bonchev–Trinajstić information content (AvgIpc) is 0.816. The van der Waals surface area contributed by atoms with E-state index in [0.717, 1.165) is 74.7 Å². The van der Waals surface area contributed by atoms with Gasteiger partial charge < -0.3 is 35.2 Å². The summed E-state index contributed by atoms with van der Waals surface area (Å²) in [6.07, 6.45) is 13.2. The Balaban J connectivity index is 0.000000191. The SMILES string of the molecule is COc1cc2c(cc1OCc1ccccc1)CCN(C(=O)OC(C)(C)C)C2CS(=O)(=O)C(=N)N(N)c1ccccc1.COc1cc2c(cc1OCc1ccccc1)CCNC2/C=C/c1ccc(-c2cccnc2)cc1.N.O=Cc1ccc(-c2cccnc2)cc1. The van der Waals surface area contributed by atoms with Gasteiger partial charge in [0.15, 0.2) is 23.0 Å². The number of hydrazine groups is 1. The highest BCUT2D eigenvalue weighted by Crippen LogP contribution is 2.41. The van der Waals surface area contributed by atoms with Crippen LogP contribution in [0.5, 0.6) is 23.0 Å². The molecule has 464 valence electrons. The summed E-state index contributed by atoms with van der Waals surface area (Å²) < 4.78 is 56.3. The van der Waals surface area contributed by atoms with Crippen LogP contribution in [0.25, 0.3) is 28.3 Å². The standard InChI is InChI=1S/C30H36N4O6S.C30H28N2O2.C12H9NO.H3N/c1-30(2,3)40-29(35)33-16-15-22-17-27(39-19-21-11-7-5-8-12-21)26(38-4)18-24(22)25(33)20-41(36,37)28(31)34(32)23-13-9-6-10-14-23;1-33-29-19-27-25(18-30(29)34-21-23-6-3-2-4-7-23)15-17-32-28(27)14-11-22-9-12-24(13-10-22)26-8-5-16-31-20-26;14-9-10-3-5-11(6-4-10)12-2-1-7-13-8-12;/h5-14,17-18,25,31H,15-16,19-20,32H2,1-4H3;2-14,16,18-20,28,32H,15,17,21H2,1H3;1-9H;1H3/b;14-11+;;. The highest BCUT2D eigenvalue weighted by atomic mass is 32.2. The van der Waals surface area contributed by atoms with E-state index in [1.807, 2.05) is 91.1 Å². The molecule has 7 N–H and O–H groups in total. The number of rotatable bonds is 16. The van der Waals surface area contributed by atoms with E-state index >= 15 is 0 Å². The summed E-state index contributed by atoms with van der Waals surface area (Å²) in [4.78, 5) is 33.4. The molecule has 4 heterocycles. The van der Waals surface area contributed by atoms with E-state index < -0.39 is 38.5 Å². The Morgan fingerprint density at radius 2 is 1.16 bits per heavy atom. The van der Waals surface area contributed by atoms with Gasteiger partial charge in [0.25, 0.3) is 0 Å². The number of para-hydroxylation sites is 1. The fourth-order valence-electron chi connectivity index (χ4n) is 10.2. The minimum absolute atomic E-state index is 0. The van der Waals surface area contributed by atoms with E-state index in [1.54, 1.807) is 95.0 Å². The molecular formula is C72H76N8O9S. The first-order valence-corrected chi connectivity index (χ1v) is 30.8. The van der Waals surface area contributed by atoms with E-state index in [1.165, 1.54) is 28.7 Å². The number of sulfone groups is 1. The minimum atomic E-state index is -4.27. The van der Waals surface area contributed by atoms with Gasteiger partial charge in [0.2, 0.25) is 15.0 Å². The second kappa shape index (κ2) is 31.3. The molecule has 2 aromatic heterocycles. The van der Waals surface area contributed by atoms with Crippen molar-refractivity contribution in [2.24, 2.45) is 5.84 Å². The quantitative estimate of drug-likeness (QED) is 0.0231. The van der Waals surface area contributed by atoms with Crippen molar-refractivity contribution < 1.29 is 41.7 Å². The first-order chi connectivity index (χ1) is 43.1. The number of nitrogens with one attached hydrogen (secondary N) is 2. The first-order valence-electron chi connectivity index (χ1n) is 29.1. The Hall–Kier alpha value is -9.98. The largest absolute Gasteiger partial charge is 0.493 e. The summed E-state index contributed by atoms with van der Waals surface area (Å²) >= 11 is 0. The normalized spacial score (nSPS) is 14.1. The second-order valence-electron chi connectivity index (χ2n) is 22.1. The van der Waals surface area contributed by atoms with E-state index in [-0.39, 0.29) is 18.7 Å². The zero-order chi connectivity index (χ0) is 62.8. The first kappa shape index (κ1) is 66.0. The molecular weight excluding hydrogens is 1150 g/mol. The number of nitrogens with zero attached hydrogens (tertiary/aromatic N) is 4. The van der Waals surface area contributed by atoms with Crippen molar-refractivity contribution >= 4 is 39.1 Å². The van der Waals surface area contributed by atoms with Crippen LogP contribution in [-0.4, -0.2) is 79.5 Å². The van der Waals surface area contributed by atoms with E-state index in [9.17, 15) is 18.0 Å². The fourth-order valence-corrected chi connectivity index (χ4v) is 11.5. The number of pyridine rings is 2. The summed E-state index contributed by atoms with van der Waals surface area (Å²) in [5, 5.41) is 12.1. The van der Waals surface area contributed by atoms with Gasteiger partial charge in [-0.25, -0.2) is 19.1 Å². The molecule has 0 radical (unpaired) electrons. The number of benzene rings is 7. The van der Waals surface area contributed by atoms with Crippen molar-refractivity contribution in [1.82, 2.24) is 26.3 Å². The third-order valence-corrected chi connectivity index (χ3v) is 16.3.